The van der Waals surface area contributed by atoms with Crippen LogP contribution < -0.4 is 5.32 Å². The number of nitrogens with zero attached hydrogens (tertiary/aromatic N) is 1. The lowest BCUT2D eigenvalue weighted by Crippen LogP contribution is -2.35. The molecule has 88 valence electrons. The fraction of sp³-hybridized carbons (Fsp3) is 0.571. The van der Waals surface area contributed by atoms with Crippen LogP contribution in [0.2, 0.25) is 0 Å². The van der Waals surface area contributed by atoms with Crippen molar-refractivity contribution in [3.8, 4) is 0 Å². The van der Waals surface area contributed by atoms with E-state index in [2.05, 4.69) is 48.5 Å². The van der Waals surface area contributed by atoms with Crippen molar-refractivity contribution >= 4 is 0 Å². The maximum Gasteiger partial charge on any atom is 0.0233 e. The lowest BCUT2D eigenvalue weighted by molar-refractivity contribution is 0.293. The summed E-state index contributed by atoms with van der Waals surface area (Å²) in [5.74, 6) is 0. The van der Waals surface area contributed by atoms with Crippen LogP contribution in [0.4, 0.5) is 0 Å². The van der Waals surface area contributed by atoms with Crippen LogP contribution in [-0.4, -0.2) is 31.1 Å². The Balaban J connectivity index is 1.86. The van der Waals surface area contributed by atoms with Gasteiger partial charge in [-0.15, -0.1) is 0 Å². The second-order valence-electron chi connectivity index (χ2n) is 4.92. The quantitative estimate of drug-likeness (QED) is 0.833. The third-order valence-electron chi connectivity index (χ3n) is 3.40. The van der Waals surface area contributed by atoms with Gasteiger partial charge in [-0.1, -0.05) is 24.3 Å². The van der Waals surface area contributed by atoms with Gasteiger partial charge in [0.2, 0.25) is 0 Å². The fourth-order valence-corrected chi connectivity index (χ4v) is 2.43. The zero-order chi connectivity index (χ0) is 11.4. The van der Waals surface area contributed by atoms with E-state index >= 15 is 0 Å². The zero-order valence-corrected chi connectivity index (χ0v) is 10.4. The minimum Gasteiger partial charge on any atom is -0.313 e. The van der Waals surface area contributed by atoms with Gasteiger partial charge in [-0.25, -0.2) is 0 Å². The van der Waals surface area contributed by atoms with Crippen molar-refractivity contribution in [3.63, 3.8) is 0 Å². The molecular formula is C14H22N2. The van der Waals surface area contributed by atoms with Crippen molar-refractivity contribution in [1.29, 1.82) is 0 Å². The van der Waals surface area contributed by atoms with Gasteiger partial charge in [0.05, 0.1) is 0 Å². The Kier molecular flexibility index (Phi) is 3.97. The van der Waals surface area contributed by atoms with Gasteiger partial charge in [0.1, 0.15) is 0 Å². The summed E-state index contributed by atoms with van der Waals surface area (Å²) in [6.45, 7) is 5.61. The highest BCUT2D eigenvalue weighted by atomic mass is 15.1. The predicted molar refractivity (Wildman–Crippen MR) is 68.5 cm³/mol. The average Bonchev–Trinajstić information content (AvgIpc) is 2.74. The summed E-state index contributed by atoms with van der Waals surface area (Å²) in [6.07, 6.45) is 2.67. The van der Waals surface area contributed by atoms with E-state index in [0.29, 0.717) is 6.04 Å². The van der Waals surface area contributed by atoms with Crippen LogP contribution >= 0.6 is 0 Å². The van der Waals surface area contributed by atoms with Crippen LogP contribution in [0, 0.1) is 6.92 Å². The Bertz CT molecular complexity index is 329. The molecule has 16 heavy (non-hydrogen) atoms. The highest BCUT2D eigenvalue weighted by molar-refractivity contribution is 5.25. The number of hydrogen-bond acceptors (Lipinski definition) is 2. The maximum absolute atomic E-state index is 3.55. The van der Waals surface area contributed by atoms with E-state index in [9.17, 15) is 0 Å². The molecule has 0 aromatic heterocycles. The molecule has 2 heteroatoms. The van der Waals surface area contributed by atoms with Gasteiger partial charge in [0.25, 0.3) is 0 Å². The van der Waals surface area contributed by atoms with Gasteiger partial charge in [-0.2, -0.15) is 0 Å². The lowest BCUT2D eigenvalue weighted by atomic mass is 10.1. The maximum atomic E-state index is 3.55. The molecule has 1 fully saturated rings. The molecule has 0 radical (unpaired) electrons. The summed E-state index contributed by atoms with van der Waals surface area (Å²) in [6, 6.07) is 9.36. The third-order valence-corrected chi connectivity index (χ3v) is 3.40. The Hall–Kier alpha value is -0.860. The molecule has 1 aromatic carbocycles. The van der Waals surface area contributed by atoms with Gasteiger partial charge < -0.3 is 10.2 Å². The SMILES string of the molecule is Cc1ccccc1CN(C)CC1CCCN1. The number of aryl methyl sites for hydroxylation is 1. The van der Waals surface area contributed by atoms with Gasteiger partial charge in [0.15, 0.2) is 0 Å². The summed E-state index contributed by atoms with van der Waals surface area (Å²) in [5.41, 5.74) is 2.84. The van der Waals surface area contributed by atoms with E-state index in [1.165, 1.54) is 30.5 Å². The minimum absolute atomic E-state index is 0.703. The van der Waals surface area contributed by atoms with E-state index in [1.807, 2.05) is 0 Å². The molecule has 1 aliphatic rings. The van der Waals surface area contributed by atoms with Crippen molar-refractivity contribution in [2.24, 2.45) is 0 Å². The summed E-state index contributed by atoms with van der Waals surface area (Å²) in [4.78, 5) is 2.42. The van der Waals surface area contributed by atoms with E-state index in [-0.39, 0.29) is 0 Å². The van der Waals surface area contributed by atoms with E-state index < -0.39 is 0 Å². The summed E-state index contributed by atoms with van der Waals surface area (Å²) < 4.78 is 0. The first-order chi connectivity index (χ1) is 7.75. The average molecular weight is 218 g/mol. The van der Waals surface area contributed by atoms with Crippen molar-refractivity contribution in [2.45, 2.75) is 32.4 Å². The molecule has 2 nitrogen and oxygen atoms in total. The Morgan fingerprint density at radius 1 is 1.38 bits per heavy atom. The molecule has 0 saturated carbocycles. The van der Waals surface area contributed by atoms with E-state index in [4.69, 9.17) is 0 Å². The first-order valence-electron chi connectivity index (χ1n) is 6.22. The van der Waals surface area contributed by atoms with Crippen molar-refractivity contribution in [1.82, 2.24) is 10.2 Å². The van der Waals surface area contributed by atoms with E-state index in [1.54, 1.807) is 0 Å². The third kappa shape index (κ3) is 3.06. The number of rotatable bonds is 4. The molecule has 1 saturated heterocycles. The van der Waals surface area contributed by atoms with Crippen LogP contribution in [0.15, 0.2) is 24.3 Å². The molecule has 0 bridgehead atoms. The van der Waals surface area contributed by atoms with Crippen LogP contribution in [-0.2, 0) is 6.54 Å². The normalized spacial score (nSPS) is 20.6. The topological polar surface area (TPSA) is 15.3 Å². The van der Waals surface area contributed by atoms with Gasteiger partial charge in [-0.3, -0.25) is 0 Å². The van der Waals surface area contributed by atoms with Gasteiger partial charge in [0, 0.05) is 19.1 Å². The highest BCUT2D eigenvalue weighted by Gasteiger charge is 2.15. The van der Waals surface area contributed by atoms with Crippen LogP contribution in [0.3, 0.4) is 0 Å². The Morgan fingerprint density at radius 3 is 2.88 bits per heavy atom. The van der Waals surface area contributed by atoms with Crippen molar-refractivity contribution in [2.75, 3.05) is 20.1 Å². The molecule has 0 spiro atoms. The zero-order valence-electron chi connectivity index (χ0n) is 10.4. The molecule has 1 aliphatic heterocycles. The Labute approximate surface area is 98.7 Å². The predicted octanol–water partition coefficient (Wildman–Crippen LogP) is 2.18. The number of hydrogen-bond donors (Lipinski definition) is 1. The van der Waals surface area contributed by atoms with Gasteiger partial charge >= 0.3 is 0 Å². The van der Waals surface area contributed by atoms with Gasteiger partial charge in [-0.05, 0) is 44.5 Å². The summed E-state index contributed by atoms with van der Waals surface area (Å²) in [5, 5.41) is 3.55. The first-order valence-corrected chi connectivity index (χ1v) is 6.22. The number of likely N-dealkylation sites (N-methyl/N-ethyl adjacent to an activating group) is 1. The van der Waals surface area contributed by atoms with Crippen LogP contribution in [0.5, 0.6) is 0 Å². The Morgan fingerprint density at radius 2 is 2.19 bits per heavy atom. The fourth-order valence-electron chi connectivity index (χ4n) is 2.43. The molecule has 2 rings (SSSR count). The van der Waals surface area contributed by atoms with Crippen LogP contribution in [0.1, 0.15) is 24.0 Å². The molecule has 1 N–H and O–H groups in total. The molecule has 1 unspecified atom stereocenters. The monoisotopic (exact) mass is 218 g/mol. The van der Waals surface area contributed by atoms with Crippen molar-refractivity contribution in [3.05, 3.63) is 35.4 Å². The lowest BCUT2D eigenvalue weighted by Gasteiger charge is -2.21. The largest absolute Gasteiger partial charge is 0.313 e. The summed E-state index contributed by atoms with van der Waals surface area (Å²) >= 11 is 0. The summed E-state index contributed by atoms with van der Waals surface area (Å²) in [7, 11) is 2.21. The molecule has 0 amide bonds. The van der Waals surface area contributed by atoms with E-state index in [0.717, 1.165) is 13.1 Å². The highest BCUT2D eigenvalue weighted by Crippen LogP contribution is 2.11. The second-order valence-corrected chi connectivity index (χ2v) is 4.92. The van der Waals surface area contributed by atoms with Crippen molar-refractivity contribution < 1.29 is 0 Å². The molecule has 1 atom stereocenters. The molecule has 1 heterocycles. The molecule has 0 aliphatic carbocycles. The number of benzene rings is 1. The van der Waals surface area contributed by atoms with Crippen LogP contribution in [0.25, 0.3) is 0 Å². The smallest absolute Gasteiger partial charge is 0.0233 e. The first kappa shape index (κ1) is 11.6. The number of nitrogens with one attached hydrogen (secondary N) is 1. The molecule has 1 aromatic rings. The second kappa shape index (κ2) is 5.46. The minimum atomic E-state index is 0.703. The molecular weight excluding hydrogens is 196 g/mol. The standard InChI is InChI=1S/C14H22N2/c1-12-6-3-4-7-13(12)10-16(2)11-14-8-5-9-15-14/h3-4,6-7,14-15H,5,8-11H2,1-2H3.